The monoisotopic (exact) mass is 239 g/mol. The molecule has 1 N–H and O–H groups in total. The van der Waals surface area contributed by atoms with Crippen molar-refractivity contribution in [1.82, 2.24) is 15.1 Å². The molecule has 0 aromatic carbocycles. The van der Waals surface area contributed by atoms with Crippen LogP contribution in [0.5, 0.6) is 0 Å². The summed E-state index contributed by atoms with van der Waals surface area (Å²) in [4.78, 5) is 5.27. The van der Waals surface area contributed by atoms with Crippen LogP contribution >= 0.6 is 0 Å². The van der Waals surface area contributed by atoms with E-state index < -0.39 is 0 Å². The molecule has 1 atom stereocenters. The van der Waals surface area contributed by atoms with Crippen LogP contribution in [0.2, 0.25) is 0 Å². The number of hydrogen-bond donors (Lipinski definition) is 1. The largest absolute Gasteiger partial charge is 0.313 e. The van der Waals surface area contributed by atoms with Crippen molar-refractivity contribution in [2.24, 2.45) is 0 Å². The van der Waals surface area contributed by atoms with E-state index in [-0.39, 0.29) is 0 Å². The summed E-state index contributed by atoms with van der Waals surface area (Å²) in [5, 5.41) is 3.60. The van der Waals surface area contributed by atoms with Crippen LogP contribution in [0.25, 0.3) is 0 Å². The number of hydrogen-bond acceptors (Lipinski definition) is 3. The Kier molecular flexibility index (Phi) is 5.75. The maximum atomic E-state index is 3.60. The Morgan fingerprint density at radius 1 is 1.18 bits per heavy atom. The topological polar surface area (TPSA) is 18.5 Å². The van der Waals surface area contributed by atoms with Gasteiger partial charge in [0.25, 0.3) is 0 Å². The van der Waals surface area contributed by atoms with Gasteiger partial charge in [-0.2, -0.15) is 0 Å². The molecule has 100 valence electrons. The molecule has 0 aromatic heterocycles. The Morgan fingerprint density at radius 2 is 2.00 bits per heavy atom. The van der Waals surface area contributed by atoms with E-state index in [4.69, 9.17) is 0 Å². The van der Waals surface area contributed by atoms with Crippen LogP contribution in [0.4, 0.5) is 0 Å². The van der Waals surface area contributed by atoms with E-state index in [2.05, 4.69) is 22.0 Å². The van der Waals surface area contributed by atoms with E-state index in [0.29, 0.717) is 0 Å². The lowest BCUT2D eigenvalue weighted by atomic mass is 10.1. The minimum Gasteiger partial charge on any atom is -0.313 e. The number of nitrogens with one attached hydrogen (secondary N) is 1. The first kappa shape index (κ1) is 13.3. The molecule has 2 aliphatic heterocycles. The summed E-state index contributed by atoms with van der Waals surface area (Å²) in [5.74, 6) is 0. The number of likely N-dealkylation sites (tertiary alicyclic amines) is 1. The van der Waals surface area contributed by atoms with Crippen molar-refractivity contribution in [3.63, 3.8) is 0 Å². The predicted octanol–water partition coefficient (Wildman–Crippen LogP) is 1.55. The van der Waals surface area contributed by atoms with Gasteiger partial charge in [-0.1, -0.05) is 13.3 Å². The van der Waals surface area contributed by atoms with Gasteiger partial charge >= 0.3 is 0 Å². The molecule has 0 radical (unpaired) electrons. The quantitative estimate of drug-likeness (QED) is 0.758. The third-order valence-corrected chi connectivity index (χ3v) is 4.27. The Bertz CT molecular complexity index is 196. The molecule has 0 spiro atoms. The standard InChI is InChI=1S/C14H29N3/c1-2-16(13-14-7-6-8-15-14)11-12-17-9-4-3-5-10-17/h14-15H,2-13H2,1H3. The predicted molar refractivity (Wildman–Crippen MR) is 73.4 cm³/mol. The van der Waals surface area contributed by atoms with Gasteiger partial charge in [0.2, 0.25) is 0 Å². The second-order valence-corrected chi connectivity index (χ2v) is 5.59. The molecule has 2 heterocycles. The Balaban J connectivity index is 1.63. The molecule has 0 aliphatic carbocycles. The highest BCUT2D eigenvalue weighted by atomic mass is 15.2. The zero-order valence-corrected chi connectivity index (χ0v) is 11.5. The van der Waals surface area contributed by atoms with Crippen molar-refractivity contribution >= 4 is 0 Å². The van der Waals surface area contributed by atoms with Gasteiger partial charge in [-0.25, -0.2) is 0 Å². The van der Waals surface area contributed by atoms with Crippen molar-refractivity contribution in [2.45, 2.75) is 45.1 Å². The van der Waals surface area contributed by atoms with Gasteiger partial charge in [0.1, 0.15) is 0 Å². The molecule has 0 amide bonds. The summed E-state index contributed by atoms with van der Waals surface area (Å²) in [6.07, 6.45) is 7.02. The van der Waals surface area contributed by atoms with Gasteiger partial charge < -0.3 is 15.1 Å². The molecule has 0 aromatic rings. The second kappa shape index (κ2) is 7.34. The molecule has 1 unspecified atom stereocenters. The van der Waals surface area contributed by atoms with Crippen LogP contribution in [0.15, 0.2) is 0 Å². The van der Waals surface area contributed by atoms with Crippen LogP contribution in [-0.2, 0) is 0 Å². The molecule has 0 bridgehead atoms. The summed E-state index contributed by atoms with van der Waals surface area (Å²) < 4.78 is 0. The number of piperidine rings is 1. The SMILES string of the molecule is CCN(CCN1CCCCC1)CC1CCCN1. The van der Waals surface area contributed by atoms with E-state index in [1.54, 1.807) is 0 Å². The molecule has 2 fully saturated rings. The maximum absolute atomic E-state index is 3.60. The molecule has 17 heavy (non-hydrogen) atoms. The van der Waals surface area contributed by atoms with Gasteiger partial charge in [0.15, 0.2) is 0 Å². The fraction of sp³-hybridized carbons (Fsp3) is 1.00. The van der Waals surface area contributed by atoms with Gasteiger partial charge in [-0.3, -0.25) is 0 Å². The molecule has 2 saturated heterocycles. The summed E-state index contributed by atoms with van der Waals surface area (Å²) in [6, 6.07) is 0.760. The normalized spacial score (nSPS) is 26.8. The lowest BCUT2D eigenvalue weighted by Crippen LogP contribution is -2.42. The molecule has 3 nitrogen and oxygen atoms in total. The third kappa shape index (κ3) is 4.57. The number of nitrogens with zero attached hydrogens (tertiary/aromatic N) is 2. The summed E-state index contributed by atoms with van der Waals surface area (Å²) in [7, 11) is 0. The van der Waals surface area contributed by atoms with Crippen molar-refractivity contribution < 1.29 is 0 Å². The molecule has 2 rings (SSSR count). The lowest BCUT2D eigenvalue weighted by Gasteiger charge is -2.30. The van der Waals surface area contributed by atoms with Crippen LogP contribution in [0, 0.1) is 0 Å². The van der Waals surface area contributed by atoms with Crippen molar-refractivity contribution in [3.8, 4) is 0 Å². The molecule has 2 aliphatic rings. The average molecular weight is 239 g/mol. The lowest BCUT2D eigenvalue weighted by molar-refractivity contribution is 0.178. The number of likely N-dealkylation sites (N-methyl/N-ethyl adjacent to an activating group) is 1. The van der Waals surface area contributed by atoms with E-state index in [9.17, 15) is 0 Å². The van der Waals surface area contributed by atoms with Gasteiger partial charge in [0.05, 0.1) is 0 Å². The first-order valence-electron chi connectivity index (χ1n) is 7.56. The van der Waals surface area contributed by atoms with E-state index in [1.165, 1.54) is 77.9 Å². The van der Waals surface area contributed by atoms with Gasteiger partial charge in [-0.05, 0) is 51.9 Å². The van der Waals surface area contributed by atoms with E-state index >= 15 is 0 Å². The van der Waals surface area contributed by atoms with Crippen molar-refractivity contribution in [3.05, 3.63) is 0 Å². The van der Waals surface area contributed by atoms with Crippen molar-refractivity contribution in [2.75, 3.05) is 45.8 Å². The zero-order chi connectivity index (χ0) is 11.9. The minimum atomic E-state index is 0.760. The fourth-order valence-electron chi connectivity index (χ4n) is 3.07. The highest BCUT2D eigenvalue weighted by Crippen LogP contribution is 2.09. The Morgan fingerprint density at radius 3 is 2.65 bits per heavy atom. The average Bonchev–Trinajstić information content (AvgIpc) is 2.88. The third-order valence-electron chi connectivity index (χ3n) is 4.27. The molecular formula is C14H29N3. The minimum absolute atomic E-state index is 0.760. The van der Waals surface area contributed by atoms with Crippen LogP contribution < -0.4 is 5.32 Å². The van der Waals surface area contributed by atoms with Crippen LogP contribution in [-0.4, -0.2) is 61.7 Å². The smallest absolute Gasteiger partial charge is 0.0195 e. The Labute approximate surface area is 107 Å². The summed E-state index contributed by atoms with van der Waals surface area (Å²) in [6.45, 7) is 11.2. The molecular weight excluding hydrogens is 210 g/mol. The van der Waals surface area contributed by atoms with E-state index in [1.807, 2.05) is 0 Å². The van der Waals surface area contributed by atoms with Crippen LogP contribution in [0.1, 0.15) is 39.0 Å². The summed E-state index contributed by atoms with van der Waals surface area (Å²) in [5.41, 5.74) is 0. The highest BCUT2D eigenvalue weighted by molar-refractivity contribution is 4.78. The summed E-state index contributed by atoms with van der Waals surface area (Å²) >= 11 is 0. The first-order valence-corrected chi connectivity index (χ1v) is 7.56. The molecule has 3 heteroatoms. The first-order chi connectivity index (χ1) is 8.38. The van der Waals surface area contributed by atoms with Gasteiger partial charge in [-0.15, -0.1) is 0 Å². The molecule has 0 saturated carbocycles. The van der Waals surface area contributed by atoms with Crippen molar-refractivity contribution in [1.29, 1.82) is 0 Å². The maximum Gasteiger partial charge on any atom is 0.0195 e. The second-order valence-electron chi connectivity index (χ2n) is 5.59. The number of rotatable bonds is 6. The van der Waals surface area contributed by atoms with Crippen LogP contribution in [0.3, 0.4) is 0 Å². The Hall–Kier alpha value is -0.120. The fourth-order valence-corrected chi connectivity index (χ4v) is 3.07. The van der Waals surface area contributed by atoms with E-state index in [0.717, 1.165) is 6.04 Å². The zero-order valence-electron chi connectivity index (χ0n) is 11.5. The highest BCUT2D eigenvalue weighted by Gasteiger charge is 2.17. The van der Waals surface area contributed by atoms with Gasteiger partial charge in [0, 0.05) is 25.7 Å².